The fourth-order valence-electron chi connectivity index (χ4n) is 2.12. The SMILES string of the molecule is CCOc1cc(C=Nn2cnnc2)ccc1OCc1ccc(F)cc1. The Hall–Kier alpha value is -3.22. The van der Waals surface area contributed by atoms with Gasteiger partial charge < -0.3 is 9.47 Å². The monoisotopic (exact) mass is 340 g/mol. The molecule has 0 aliphatic rings. The molecular formula is C18H17FN4O2. The smallest absolute Gasteiger partial charge is 0.161 e. The fraction of sp³-hybridized carbons (Fsp3) is 0.167. The van der Waals surface area contributed by atoms with Crippen molar-refractivity contribution >= 4 is 6.21 Å². The van der Waals surface area contributed by atoms with Crippen LogP contribution in [0.2, 0.25) is 0 Å². The second kappa shape index (κ2) is 8.05. The molecule has 0 fully saturated rings. The predicted octanol–water partition coefficient (Wildman–Crippen LogP) is 3.28. The van der Waals surface area contributed by atoms with Crippen LogP contribution < -0.4 is 9.47 Å². The molecular weight excluding hydrogens is 323 g/mol. The van der Waals surface area contributed by atoms with Crippen molar-refractivity contribution < 1.29 is 13.9 Å². The van der Waals surface area contributed by atoms with Crippen LogP contribution in [0.4, 0.5) is 4.39 Å². The summed E-state index contributed by atoms with van der Waals surface area (Å²) in [4.78, 5) is 0. The molecule has 128 valence electrons. The minimum atomic E-state index is -0.268. The zero-order valence-electron chi connectivity index (χ0n) is 13.7. The lowest BCUT2D eigenvalue weighted by atomic mass is 10.2. The number of halogens is 1. The summed E-state index contributed by atoms with van der Waals surface area (Å²) in [7, 11) is 0. The van der Waals surface area contributed by atoms with Crippen LogP contribution in [0.5, 0.6) is 11.5 Å². The molecule has 6 nitrogen and oxygen atoms in total. The molecule has 25 heavy (non-hydrogen) atoms. The molecule has 0 aliphatic carbocycles. The first-order valence-electron chi connectivity index (χ1n) is 7.77. The summed E-state index contributed by atoms with van der Waals surface area (Å²) < 4.78 is 25.9. The van der Waals surface area contributed by atoms with Crippen LogP contribution in [0.3, 0.4) is 0 Å². The average Bonchev–Trinajstić information content (AvgIpc) is 3.14. The van der Waals surface area contributed by atoms with Gasteiger partial charge in [0.2, 0.25) is 0 Å². The lowest BCUT2D eigenvalue weighted by Crippen LogP contribution is -2.00. The van der Waals surface area contributed by atoms with Crippen molar-refractivity contribution in [2.45, 2.75) is 13.5 Å². The van der Waals surface area contributed by atoms with Crippen molar-refractivity contribution in [1.82, 2.24) is 14.9 Å². The molecule has 3 rings (SSSR count). The van der Waals surface area contributed by atoms with Gasteiger partial charge in [-0.05, 0) is 48.4 Å². The molecule has 3 aromatic rings. The lowest BCUT2D eigenvalue weighted by Gasteiger charge is -2.12. The van der Waals surface area contributed by atoms with Gasteiger partial charge in [0.05, 0.1) is 12.8 Å². The van der Waals surface area contributed by atoms with Crippen LogP contribution in [-0.4, -0.2) is 27.7 Å². The third-order valence-electron chi connectivity index (χ3n) is 3.32. The Balaban J connectivity index is 1.73. The van der Waals surface area contributed by atoms with Crippen molar-refractivity contribution in [2.75, 3.05) is 6.61 Å². The van der Waals surface area contributed by atoms with E-state index in [0.717, 1.165) is 11.1 Å². The highest BCUT2D eigenvalue weighted by atomic mass is 19.1. The van der Waals surface area contributed by atoms with Crippen molar-refractivity contribution in [3.63, 3.8) is 0 Å². The number of aromatic nitrogens is 3. The van der Waals surface area contributed by atoms with E-state index in [9.17, 15) is 4.39 Å². The summed E-state index contributed by atoms with van der Waals surface area (Å²) in [5.41, 5.74) is 1.73. The van der Waals surface area contributed by atoms with E-state index >= 15 is 0 Å². The topological polar surface area (TPSA) is 61.5 Å². The maximum atomic E-state index is 13.0. The van der Waals surface area contributed by atoms with Crippen molar-refractivity contribution in [3.05, 3.63) is 72.1 Å². The zero-order valence-corrected chi connectivity index (χ0v) is 13.7. The Morgan fingerprint density at radius 1 is 1.04 bits per heavy atom. The second-order valence-corrected chi connectivity index (χ2v) is 5.14. The minimum absolute atomic E-state index is 0.268. The highest BCUT2D eigenvalue weighted by Gasteiger charge is 2.07. The quantitative estimate of drug-likeness (QED) is 0.619. The van der Waals surface area contributed by atoms with Crippen LogP contribution >= 0.6 is 0 Å². The van der Waals surface area contributed by atoms with Crippen LogP contribution in [-0.2, 0) is 6.61 Å². The standard InChI is InChI=1S/C18H17FN4O2/c1-2-24-18-9-15(10-22-23-12-20-21-13-23)5-8-17(18)25-11-14-3-6-16(19)7-4-14/h3-10,12-13H,2,11H2,1H3. The molecule has 2 aromatic carbocycles. The summed E-state index contributed by atoms with van der Waals surface area (Å²) in [5, 5.41) is 11.6. The van der Waals surface area contributed by atoms with Crippen molar-refractivity contribution in [3.8, 4) is 11.5 Å². The van der Waals surface area contributed by atoms with Gasteiger partial charge in [0, 0.05) is 0 Å². The minimum Gasteiger partial charge on any atom is -0.490 e. The van der Waals surface area contributed by atoms with E-state index in [4.69, 9.17) is 9.47 Å². The van der Waals surface area contributed by atoms with Gasteiger partial charge in [-0.3, -0.25) is 0 Å². The Bertz CT molecular complexity index is 833. The molecule has 0 bridgehead atoms. The molecule has 1 aromatic heterocycles. The fourth-order valence-corrected chi connectivity index (χ4v) is 2.12. The van der Waals surface area contributed by atoms with E-state index in [1.165, 1.54) is 29.5 Å². The molecule has 0 saturated carbocycles. The Morgan fingerprint density at radius 3 is 2.52 bits per heavy atom. The predicted molar refractivity (Wildman–Crippen MR) is 91.4 cm³/mol. The zero-order chi connectivity index (χ0) is 17.5. The summed E-state index contributed by atoms with van der Waals surface area (Å²) in [6, 6.07) is 11.7. The van der Waals surface area contributed by atoms with Gasteiger partial charge >= 0.3 is 0 Å². The summed E-state index contributed by atoms with van der Waals surface area (Å²) >= 11 is 0. The number of hydrogen-bond acceptors (Lipinski definition) is 5. The van der Waals surface area contributed by atoms with Crippen LogP contribution in [0.15, 0.2) is 60.2 Å². The van der Waals surface area contributed by atoms with Crippen LogP contribution in [0, 0.1) is 5.82 Å². The normalized spacial score (nSPS) is 11.0. The third kappa shape index (κ3) is 4.63. The maximum absolute atomic E-state index is 13.0. The van der Waals surface area contributed by atoms with E-state index in [-0.39, 0.29) is 5.82 Å². The van der Waals surface area contributed by atoms with E-state index in [1.54, 1.807) is 18.3 Å². The van der Waals surface area contributed by atoms with Gasteiger partial charge in [-0.15, -0.1) is 10.2 Å². The van der Waals surface area contributed by atoms with Gasteiger partial charge in [0.15, 0.2) is 11.5 Å². The van der Waals surface area contributed by atoms with Crippen molar-refractivity contribution in [1.29, 1.82) is 0 Å². The first kappa shape index (κ1) is 16.6. The molecule has 0 spiro atoms. The molecule has 0 amide bonds. The van der Waals surface area contributed by atoms with Gasteiger partial charge in [0.25, 0.3) is 0 Å². The summed E-state index contributed by atoms with van der Waals surface area (Å²) in [6.45, 7) is 2.75. The van der Waals surface area contributed by atoms with E-state index in [2.05, 4.69) is 15.3 Å². The van der Waals surface area contributed by atoms with E-state index in [0.29, 0.717) is 24.7 Å². The molecule has 1 heterocycles. The molecule has 0 N–H and O–H groups in total. The van der Waals surface area contributed by atoms with Gasteiger partial charge in [-0.1, -0.05) is 12.1 Å². The number of nitrogens with zero attached hydrogens (tertiary/aromatic N) is 4. The number of rotatable bonds is 7. The summed E-state index contributed by atoms with van der Waals surface area (Å²) in [6.07, 6.45) is 4.68. The largest absolute Gasteiger partial charge is 0.490 e. The van der Waals surface area contributed by atoms with Gasteiger partial charge in [0.1, 0.15) is 25.1 Å². The number of hydrogen-bond donors (Lipinski definition) is 0. The average molecular weight is 340 g/mol. The Morgan fingerprint density at radius 2 is 1.80 bits per heavy atom. The second-order valence-electron chi connectivity index (χ2n) is 5.14. The Labute approximate surface area is 144 Å². The third-order valence-corrected chi connectivity index (χ3v) is 3.32. The number of ether oxygens (including phenoxy) is 2. The molecule has 7 heteroatoms. The molecule has 0 saturated heterocycles. The molecule has 0 unspecified atom stereocenters. The van der Waals surface area contributed by atoms with Crippen LogP contribution in [0.25, 0.3) is 0 Å². The lowest BCUT2D eigenvalue weighted by molar-refractivity contribution is 0.269. The van der Waals surface area contributed by atoms with E-state index in [1.807, 2.05) is 25.1 Å². The highest BCUT2D eigenvalue weighted by Crippen LogP contribution is 2.29. The molecule has 0 radical (unpaired) electrons. The molecule has 0 atom stereocenters. The maximum Gasteiger partial charge on any atom is 0.161 e. The van der Waals surface area contributed by atoms with Crippen LogP contribution in [0.1, 0.15) is 18.1 Å². The summed E-state index contributed by atoms with van der Waals surface area (Å²) in [5.74, 6) is 0.973. The Kier molecular flexibility index (Phi) is 5.36. The van der Waals surface area contributed by atoms with Crippen molar-refractivity contribution in [2.24, 2.45) is 5.10 Å². The van der Waals surface area contributed by atoms with E-state index < -0.39 is 0 Å². The van der Waals surface area contributed by atoms with Gasteiger partial charge in [-0.25, -0.2) is 9.07 Å². The van der Waals surface area contributed by atoms with Gasteiger partial charge in [-0.2, -0.15) is 5.10 Å². The molecule has 0 aliphatic heterocycles. The first-order valence-corrected chi connectivity index (χ1v) is 7.77. The first-order chi connectivity index (χ1) is 12.2. The number of benzene rings is 2. The highest BCUT2D eigenvalue weighted by molar-refractivity contribution is 5.80.